The number of nitrogens with one attached hydrogen (secondary N) is 2. The summed E-state index contributed by atoms with van der Waals surface area (Å²) in [6, 6.07) is 12.8. The van der Waals surface area contributed by atoms with E-state index in [1.807, 2.05) is 35.0 Å². The number of amides is 1. The van der Waals surface area contributed by atoms with Gasteiger partial charge in [-0.3, -0.25) is 14.6 Å². The third-order valence-corrected chi connectivity index (χ3v) is 9.49. The number of benzene rings is 1. The van der Waals surface area contributed by atoms with Crippen molar-refractivity contribution in [1.29, 1.82) is 0 Å². The van der Waals surface area contributed by atoms with Crippen molar-refractivity contribution in [1.82, 2.24) is 14.0 Å². The highest BCUT2D eigenvalue weighted by atomic mass is 35.5. The summed E-state index contributed by atoms with van der Waals surface area (Å²) in [5, 5.41) is 6.69. The summed E-state index contributed by atoms with van der Waals surface area (Å²) in [5.41, 5.74) is 1.18. The van der Waals surface area contributed by atoms with Crippen molar-refractivity contribution in [3.8, 4) is 0 Å². The smallest absolute Gasteiger partial charge is 0.324 e. The molecule has 0 saturated carbocycles. The predicted octanol–water partition coefficient (Wildman–Crippen LogP) is 5.38. The van der Waals surface area contributed by atoms with Crippen LogP contribution in [0.1, 0.15) is 25.7 Å². The third-order valence-electron chi connectivity index (χ3n) is 5.67. The topological polar surface area (TPSA) is 118 Å². The van der Waals surface area contributed by atoms with E-state index in [0.717, 1.165) is 9.75 Å². The van der Waals surface area contributed by atoms with Crippen LogP contribution in [-0.4, -0.2) is 42.7 Å². The Balaban J connectivity index is 1.48. The van der Waals surface area contributed by atoms with Gasteiger partial charge < -0.3 is 10.1 Å². The van der Waals surface area contributed by atoms with Crippen molar-refractivity contribution in [2.45, 2.75) is 25.6 Å². The molecule has 0 bridgehead atoms. The van der Waals surface area contributed by atoms with Gasteiger partial charge >= 0.3 is 5.97 Å². The maximum Gasteiger partial charge on any atom is 0.324 e. The van der Waals surface area contributed by atoms with Crippen LogP contribution < -0.4 is 10.0 Å². The molecule has 9 nitrogen and oxygen atoms in total. The fraction of sp³-hybridized carbons (Fsp3) is 0.192. The van der Waals surface area contributed by atoms with E-state index >= 15 is 0 Å². The van der Waals surface area contributed by atoms with Gasteiger partial charge in [-0.25, -0.2) is 0 Å². The molecule has 0 aliphatic heterocycles. The van der Waals surface area contributed by atoms with Crippen molar-refractivity contribution in [2.75, 3.05) is 12.4 Å². The number of esters is 1. The molecule has 210 valence electrons. The zero-order valence-corrected chi connectivity index (χ0v) is 25.0. The third kappa shape index (κ3) is 7.88. The molecular formula is C26H24Cl2N4O5S3. The second-order valence-electron chi connectivity index (χ2n) is 8.46. The first-order chi connectivity index (χ1) is 19.2. The number of nitrogens with zero attached hydrogens (tertiary/aromatic N) is 2. The number of methoxy groups -OCH3 is 1. The number of thiophene rings is 2. The molecule has 0 unspecified atom stereocenters. The molecular weight excluding hydrogens is 615 g/mol. The minimum atomic E-state index is -4.10. The first-order valence-corrected chi connectivity index (χ1v) is 15.7. The van der Waals surface area contributed by atoms with Gasteiger partial charge in [0.25, 0.3) is 16.1 Å². The maximum absolute atomic E-state index is 13.5. The van der Waals surface area contributed by atoms with Gasteiger partial charge in [-0.05, 0) is 47.0 Å². The number of ether oxygens (including phenoxy) is 1. The number of carbonyl (C=O) groups is 2. The monoisotopic (exact) mass is 638 g/mol. The van der Waals surface area contributed by atoms with Crippen LogP contribution in [-0.2, 0) is 39.3 Å². The molecule has 4 rings (SSSR count). The number of hydrogen-bond acceptors (Lipinski definition) is 8. The Morgan fingerprint density at radius 2 is 1.55 bits per heavy atom. The second-order valence-corrected chi connectivity index (χ2v) is 13.0. The number of pyridine rings is 1. The highest BCUT2D eigenvalue weighted by Crippen LogP contribution is 2.25. The first-order valence-electron chi connectivity index (χ1n) is 11.8. The second kappa shape index (κ2) is 13.7. The SMILES string of the molecule is COC(=O)[C@H](Cc1ccc(NC(=O)c2c(Cl)cncc2Cl)cc1)NS(=O)(=O)N(Cc1cccs1)Cc1cccs1. The average molecular weight is 640 g/mol. The Morgan fingerprint density at radius 3 is 2.05 bits per heavy atom. The van der Waals surface area contributed by atoms with Crippen molar-refractivity contribution in [2.24, 2.45) is 0 Å². The molecule has 1 amide bonds. The van der Waals surface area contributed by atoms with Gasteiger partial charge in [-0.15, -0.1) is 22.7 Å². The summed E-state index contributed by atoms with van der Waals surface area (Å²) in [7, 11) is -2.90. The van der Waals surface area contributed by atoms with E-state index in [1.54, 1.807) is 24.3 Å². The molecule has 1 atom stereocenters. The standard InChI is InChI=1S/C26H24Cl2N4O5S3/c1-37-26(34)23(31-40(35,36)32(15-19-4-2-10-38-19)16-20-5-3-11-39-20)12-17-6-8-18(9-7-17)30-25(33)24-21(27)13-29-14-22(24)28/h2-11,13-14,23,31H,12,15-16H2,1H3,(H,30,33)/t23-/m0/s1. The van der Waals surface area contributed by atoms with Crippen molar-refractivity contribution in [3.63, 3.8) is 0 Å². The molecule has 3 aromatic heterocycles. The molecule has 1 aromatic carbocycles. The van der Waals surface area contributed by atoms with E-state index in [2.05, 4.69) is 15.0 Å². The van der Waals surface area contributed by atoms with Crippen LogP contribution in [0.3, 0.4) is 0 Å². The van der Waals surface area contributed by atoms with Crippen LogP contribution in [0.2, 0.25) is 10.0 Å². The molecule has 40 heavy (non-hydrogen) atoms. The molecule has 0 saturated heterocycles. The lowest BCUT2D eigenvalue weighted by Gasteiger charge is -2.24. The fourth-order valence-electron chi connectivity index (χ4n) is 3.73. The minimum absolute atomic E-state index is 0.0218. The summed E-state index contributed by atoms with van der Waals surface area (Å²) < 4.78 is 35.8. The van der Waals surface area contributed by atoms with Gasteiger partial charge in [-0.2, -0.15) is 17.4 Å². The molecule has 4 aromatic rings. The molecule has 2 N–H and O–H groups in total. The van der Waals surface area contributed by atoms with Gasteiger partial charge in [-0.1, -0.05) is 47.5 Å². The number of aromatic nitrogens is 1. The lowest BCUT2D eigenvalue weighted by atomic mass is 10.1. The van der Waals surface area contributed by atoms with E-state index in [1.165, 1.54) is 46.5 Å². The van der Waals surface area contributed by atoms with Gasteiger partial charge in [0.05, 0.1) is 22.7 Å². The van der Waals surface area contributed by atoms with Crippen molar-refractivity contribution >= 4 is 73.6 Å². The fourth-order valence-corrected chi connectivity index (χ4v) is 7.17. The Hall–Kier alpha value is -2.84. The van der Waals surface area contributed by atoms with Crippen LogP contribution in [0.25, 0.3) is 0 Å². The number of halogens is 2. The number of carbonyl (C=O) groups excluding carboxylic acids is 2. The lowest BCUT2D eigenvalue weighted by Crippen LogP contribution is -2.49. The first kappa shape index (κ1) is 30.1. The van der Waals surface area contributed by atoms with Crippen molar-refractivity contribution in [3.05, 3.63) is 103 Å². The van der Waals surface area contributed by atoms with Crippen molar-refractivity contribution < 1.29 is 22.7 Å². The molecule has 0 aliphatic carbocycles. The summed E-state index contributed by atoms with van der Waals surface area (Å²) in [6.07, 6.45) is 2.66. The summed E-state index contributed by atoms with van der Waals surface area (Å²) in [4.78, 5) is 30.8. The van der Waals surface area contributed by atoms with E-state index in [0.29, 0.717) is 11.3 Å². The van der Waals surface area contributed by atoms with Gasteiger partial charge in [0.1, 0.15) is 6.04 Å². The van der Waals surface area contributed by atoms with Crippen LogP contribution in [0.5, 0.6) is 0 Å². The highest BCUT2D eigenvalue weighted by Gasteiger charge is 2.31. The summed E-state index contributed by atoms with van der Waals surface area (Å²) in [6.45, 7) is 0.303. The molecule has 0 aliphatic rings. The Morgan fingerprint density at radius 1 is 0.975 bits per heavy atom. The van der Waals surface area contributed by atoms with E-state index in [4.69, 9.17) is 27.9 Å². The molecule has 0 spiro atoms. The van der Waals surface area contributed by atoms with E-state index in [9.17, 15) is 18.0 Å². The van der Waals surface area contributed by atoms with E-state index < -0.39 is 28.1 Å². The number of hydrogen-bond donors (Lipinski definition) is 2. The Kier molecular flexibility index (Phi) is 10.3. The predicted molar refractivity (Wildman–Crippen MR) is 158 cm³/mol. The number of rotatable bonds is 12. The zero-order chi connectivity index (χ0) is 28.7. The summed E-state index contributed by atoms with van der Waals surface area (Å²) >= 11 is 15.0. The van der Waals surface area contributed by atoms with Gasteiger partial charge in [0.15, 0.2) is 0 Å². The molecule has 0 fully saturated rings. The Bertz CT molecular complexity index is 1490. The molecule has 14 heteroatoms. The van der Waals surface area contributed by atoms with Gasteiger partial charge in [0, 0.05) is 40.9 Å². The van der Waals surface area contributed by atoms with Gasteiger partial charge in [0.2, 0.25) is 0 Å². The zero-order valence-electron chi connectivity index (χ0n) is 21.0. The lowest BCUT2D eigenvalue weighted by molar-refractivity contribution is -0.142. The largest absolute Gasteiger partial charge is 0.468 e. The number of anilines is 1. The summed E-state index contributed by atoms with van der Waals surface area (Å²) in [5.74, 6) is -1.24. The average Bonchev–Trinajstić information content (AvgIpc) is 3.63. The van der Waals surface area contributed by atoms with Crippen LogP contribution in [0, 0.1) is 0 Å². The van der Waals surface area contributed by atoms with Crippen LogP contribution in [0.4, 0.5) is 5.69 Å². The molecule has 3 heterocycles. The Labute approximate surface area is 249 Å². The normalized spacial score (nSPS) is 12.3. The van der Waals surface area contributed by atoms with Crippen LogP contribution >= 0.6 is 45.9 Å². The highest BCUT2D eigenvalue weighted by molar-refractivity contribution is 7.87. The minimum Gasteiger partial charge on any atom is -0.468 e. The van der Waals surface area contributed by atoms with Crippen LogP contribution in [0.15, 0.2) is 71.7 Å². The quantitative estimate of drug-likeness (QED) is 0.201. The van der Waals surface area contributed by atoms with E-state index in [-0.39, 0.29) is 35.1 Å². The maximum atomic E-state index is 13.5. The molecule has 0 radical (unpaired) electrons.